The van der Waals surface area contributed by atoms with Gasteiger partial charge in [-0.2, -0.15) is 0 Å². The topological polar surface area (TPSA) is 0 Å². The Morgan fingerprint density at radius 3 is 0.753 bits per heavy atom. The van der Waals surface area contributed by atoms with Gasteiger partial charge in [0.2, 0.25) is 0 Å². The molecule has 0 nitrogen and oxygen atoms in total. The van der Waals surface area contributed by atoms with Crippen molar-refractivity contribution in [3.8, 4) is 34.1 Å². The number of rotatable bonds is 10. The summed E-state index contributed by atoms with van der Waals surface area (Å²) >= 11 is 0. The van der Waals surface area contributed by atoms with Crippen LogP contribution in [0.15, 0.2) is 328 Å². The summed E-state index contributed by atoms with van der Waals surface area (Å²) in [5.41, 5.74) is 15.3. The van der Waals surface area contributed by atoms with Gasteiger partial charge in [0.25, 0.3) is 0 Å². The van der Waals surface area contributed by atoms with Crippen LogP contribution in [0.3, 0.4) is 0 Å². The van der Waals surface area contributed by atoms with Crippen LogP contribution >= 0.6 is 15.8 Å². The molecule has 14 rings (SSSR count). The van der Waals surface area contributed by atoms with Gasteiger partial charge in [-0.1, -0.05) is 278 Å². The van der Waals surface area contributed by atoms with E-state index in [0.717, 1.165) is 22.3 Å². The van der Waals surface area contributed by atoms with Crippen molar-refractivity contribution in [1.29, 1.82) is 0 Å². The van der Waals surface area contributed by atoms with Crippen molar-refractivity contribution in [3.05, 3.63) is 396 Å². The van der Waals surface area contributed by atoms with E-state index in [1.807, 2.05) is 24.3 Å². The molecule has 0 fully saturated rings. The maximum absolute atomic E-state index is 7.97. The molecule has 0 saturated carbocycles. The molecule has 0 unspecified atom stereocenters. The minimum absolute atomic E-state index is 0. The molecule has 2 aliphatic carbocycles. The van der Waals surface area contributed by atoms with Crippen LogP contribution in [-0.4, -0.2) is 4.90 Å². The Balaban J connectivity index is 0.000000140. The normalized spacial score (nSPS) is 12.5. The number of hydrogen-bond acceptors (Lipinski definition) is 0. The van der Waals surface area contributed by atoms with E-state index in [-0.39, 0.29) is 49.7 Å². The van der Waals surface area contributed by atoms with Crippen LogP contribution in [0.2, 0.25) is 0 Å². The molecule has 0 bridgehead atoms. The van der Waals surface area contributed by atoms with Gasteiger partial charge in [0, 0.05) is 13.8 Å². The van der Waals surface area contributed by atoms with Gasteiger partial charge in [0.15, 0.2) is 4.90 Å². The predicted octanol–water partition coefficient (Wildman–Crippen LogP) is 17.4. The van der Waals surface area contributed by atoms with Crippen molar-refractivity contribution in [2.24, 2.45) is 0 Å². The Kier molecular flexibility index (Phi) is 19.1. The average Bonchev–Trinajstić information content (AvgIpc) is 1.65. The quantitative estimate of drug-likeness (QED) is 0.0554. The second-order valence-electron chi connectivity index (χ2n) is 21.6. The van der Waals surface area contributed by atoms with Crippen LogP contribution < -0.4 is 21.2 Å². The third-order valence-electron chi connectivity index (χ3n) is 16.7. The summed E-state index contributed by atoms with van der Waals surface area (Å²) in [6, 6.07) is 117. The molecule has 12 aromatic rings. The van der Waals surface area contributed by atoms with Gasteiger partial charge in [0.1, 0.15) is 37.1 Å². The van der Waals surface area contributed by atoms with Crippen molar-refractivity contribution in [1.82, 2.24) is 0 Å². The van der Waals surface area contributed by atoms with Crippen LogP contribution in [0.1, 0.15) is 69.5 Å². The van der Waals surface area contributed by atoms with E-state index in [2.05, 4.69) is 329 Å². The third-order valence-corrected chi connectivity index (χ3v) is 24.4. The largest absolute Gasteiger partial charge is 1.00 e. The molecule has 0 radical (unpaired) electrons. The maximum Gasteiger partial charge on any atom is 1.00 e. The molecular weight excluding hydrogens is 1430 g/mol. The molecular formula is C81H62Au2P2+2. The van der Waals surface area contributed by atoms with E-state index in [4.69, 9.17) is 12.8 Å². The second-order valence-corrected chi connectivity index (χ2v) is 28.4. The zero-order chi connectivity index (χ0) is 56.6. The fraction of sp³-hybridized carbons (Fsp3) is 0.0617. The van der Waals surface area contributed by atoms with Crippen molar-refractivity contribution in [2.75, 3.05) is 0 Å². The van der Waals surface area contributed by atoms with Gasteiger partial charge in [-0.05, 0) is 104 Å². The summed E-state index contributed by atoms with van der Waals surface area (Å²) < 4.78 is 0. The Morgan fingerprint density at radius 1 is 0.271 bits per heavy atom. The molecule has 0 N–H and O–H groups in total. The van der Waals surface area contributed by atoms with Crippen LogP contribution in [0.4, 0.5) is 0 Å². The first-order chi connectivity index (χ1) is 40.9. The van der Waals surface area contributed by atoms with E-state index in [9.17, 15) is 0 Å². The monoisotopic (exact) mass is 1490 g/mol. The fourth-order valence-corrected chi connectivity index (χ4v) is 21.9. The smallest absolute Gasteiger partial charge is 0.366 e. The van der Waals surface area contributed by atoms with Crippen LogP contribution in [0, 0.1) is 24.7 Å². The van der Waals surface area contributed by atoms with Gasteiger partial charge in [-0.25, -0.2) is 0 Å². The summed E-state index contributed by atoms with van der Waals surface area (Å²) in [6.45, 7) is 5.02. The number of benzene rings is 12. The Labute approximate surface area is 537 Å². The van der Waals surface area contributed by atoms with E-state index in [0.29, 0.717) is 0 Å². The van der Waals surface area contributed by atoms with E-state index in [1.165, 1.54) is 76.9 Å². The van der Waals surface area contributed by atoms with Crippen LogP contribution in [0.5, 0.6) is 0 Å². The second kappa shape index (κ2) is 27.0. The van der Waals surface area contributed by atoms with Crippen LogP contribution in [0.25, 0.3) is 22.3 Å². The van der Waals surface area contributed by atoms with Crippen molar-refractivity contribution in [3.63, 3.8) is 0 Å². The first-order valence-corrected chi connectivity index (χ1v) is 31.4. The first kappa shape index (κ1) is 60.2. The molecule has 12 aromatic carbocycles. The van der Waals surface area contributed by atoms with E-state index < -0.39 is 26.7 Å². The van der Waals surface area contributed by atoms with Crippen LogP contribution in [-0.2, 0) is 55.6 Å². The van der Waals surface area contributed by atoms with Gasteiger partial charge < -0.3 is 12.8 Å². The molecule has 0 amide bonds. The SMILES string of the molecule is CC(C)([PH+](c1ccccc1)c1ccccc1)[PH+](c1ccccc1)c1ccccc1.[Au+].[Au+].[C-]#Cc1cccc2c1C(c1ccccc1)(c1ccccc1)c1ccccc1-2.[C-]#Cc1cccc2c1C(c1ccccc1)(c1ccccc1)c1ccccc1-2. The van der Waals surface area contributed by atoms with Gasteiger partial charge in [-0.3, -0.25) is 11.8 Å². The zero-order valence-electron chi connectivity index (χ0n) is 47.3. The summed E-state index contributed by atoms with van der Waals surface area (Å²) in [5, 5.41) is 5.96. The van der Waals surface area contributed by atoms with Gasteiger partial charge >= 0.3 is 44.8 Å². The number of fused-ring (bicyclic) bond motifs is 6. The summed E-state index contributed by atoms with van der Waals surface area (Å²) in [5.74, 6) is 5.41. The predicted molar refractivity (Wildman–Crippen MR) is 355 cm³/mol. The molecule has 85 heavy (non-hydrogen) atoms. The number of hydrogen-bond donors (Lipinski definition) is 0. The summed E-state index contributed by atoms with van der Waals surface area (Å²) in [6.07, 6.45) is 15.9. The fourth-order valence-electron chi connectivity index (χ4n) is 13.5. The molecule has 0 heterocycles. The minimum Gasteiger partial charge on any atom is -0.366 e. The molecule has 0 aromatic heterocycles. The zero-order valence-corrected chi connectivity index (χ0v) is 53.6. The Morgan fingerprint density at radius 2 is 0.494 bits per heavy atom. The van der Waals surface area contributed by atoms with Gasteiger partial charge in [-0.15, -0.1) is 23.3 Å². The van der Waals surface area contributed by atoms with E-state index >= 15 is 0 Å². The average molecular weight is 1490 g/mol. The van der Waals surface area contributed by atoms with Crippen molar-refractivity contribution >= 4 is 37.1 Å². The third kappa shape index (κ3) is 11.1. The maximum atomic E-state index is 7.97. The van der Waals surface area contributed by atoms with Gasteiger partial charge in [0.05, 0.1) is 10.8 Å². The van der Waals surface area contributed by atoms with E-state index in [1.54, 1.807) is 0 Å². The standard InChI is InChI=1S/C27H26P2.2C27H17.2Au/c1-27(2,28(23-15-7-3-8-16-23)24-17-9-4-10-18-24)29(25-19-11-5-12-20-25)26-21-13-6-14-22-26;2*1-2-20-12-11-18-24-23-17-9-10-19-25(23)27(26(20)24,21-13-5-3-6-14-21)22-15-7-4-8-16-22;;/h3-22H,1-2H3;2*3-19H;;/q;2*-1;2*+1/p+2. The summed E-state index contributed by atoms with van der Waals surface area (Å²) in [4.78, 5) is 0.154. The molecule has 2 aliphatic rings. The Bertz CT molecular complexity index is 3800. The molecule has 0 aliphatic heterocycles. The van der Waals surface area contributed by atoms with Crippen molar-refractivity contribution in [2.45, 2.75) is 29.6 Å². The van der Waals surface area contributed by atoms with Crippen molar-refractivity contribution < 1.29 is 44.8 Å². The first-order valence-electron chi connectivity index (χ1n) is 28.4. The summed E-state index contributed by atoms with van der Waals surface area (Å²) in [7, 11) is -2.05. The molecule has 0 atom stereocenters. The molecule has 416 valence electrons. The molecule has 0 saturated heterocycles. The molecule has 0 spiro atoms. The molecule has 4 heteroatoms. The Hall–Kier alpha value is -7.90. The minimum atomic E-state index is -1.02.